The Hall–Kier alpha value is -5.57. The molecule has 0 aliphatic rings. The molecule has 5 aromatic rings. The van der Waals surface area contributed by atoms with Crippen LogP contribution in [-0.2, 0) is 0 Å². The molecule has 38 heavy (non-hydrogen) atoms. The first-order chi connectivity index (χ1) is 18.1. The second-order valence-electron chi connectivity index (χ2n) is 8.20. The summed E-state index contributed by atoms with van der Waals surface area (Å²) in [4.78, 5) is 12.1. The van der Waals surface area contributed by atoms with E-state index in [1.807, 2.05) is 6.08 Å². The van der Waals surface area contributed by atoms with Crippen molar-refractivity contribution in [2.75, 3.05) is 0 Å². The Labute approximate surface area is 215 Å². The molecule has 1 aromatic heterocycles. The lowest BCUT2D eigenvalue weighted by molar-refractivity contribution is 0.403. The smallest absolute Gasteiger partial charge is 0.235 e. The molecule has 0 saturated carbocycles. The number of hydrogen-bond donors (Lipinski definition) is 7. The van der Waals surface area contributed by atoms with E-state index in [0.29, 0.717) is 5.56 Å². The van der Waals surface area contributed by atoms with Gasteiger partial charge in [-0.15, -0.1) is 0 Å². The van der Waals surface area contributed by atoms with Crippen LogP contribution in [0.15, 0.2) is 88.1 Å². The maximum absolute atomic E-state index is 12.1. The lowest BCUT2D eigenvalue weighted by atomic mass is 10.1. The van der Waals surface area contributed by atoms with Crippen LogP contribution in [0.5, 0.6) is 40.2 Å². The number of hydrogen-bond acceptors (Lipinski definition) is 9. The predicted octanol–water partition coefficient (Wildman–Crippen LogP) is 5.26. The van der Waals surface area contributed by atoms with Gasteiger partial charge in [0.15, 0.2) is 17.3 Å². The minimum Gasteiger partial charge on any atom is -0.508 e. The van der Waals surface area contributed by atoms with Gasteiger partial charge in [-0.25, -0.2) is 0 Å². The molecule has 0 saturated heterocycles. The SMILES string of the molecule is O=c1c(O)c(-c2ccc(O)c(O)c2)oc2cc(O)ccc12.Oc1ccc(C=Cc2cc(O)cc(O)c2)cc1. The van der Waals surface area contributed by atoms with E-state index < -0.39 is 16.9 Å². The molecule has 192 valence electrons. The minimum absolute atomic E-state index is 0.0235. The Morgan fingerprint density at radius 3 is 1.84 bits per heavy atom. The van der Waals surface area contributed by atoms with Crippen molar-refractivity contribution in [2.45, 2.75) is 0 Å². The highest BCUT2D eigenvalue weighted by Gasteiger charge is 2.16. The Balaban J connectivity index is 0.000000181. The third kappa shape index (κ3) is 5.80. The Morgan fingerprint density at radius 2 is 1.18 bits per heavy atom. The third-order valence-electron chi connectivity index (χ3n) is 5.38. The lowest BCUT2D eigenvalue weighted by Gasteiger charge is -2.07. The van der Waals surface area contributed by atoms with Crippen LogP contribution in [0.2, 0.25) is 0 Å². The summed E-state index contributed by atoms with van der Waals surface area (Å²) in [5.74, 6) is -1.34. The van der Waals surface area contributed by atoms with E-state index in [-0.39, 0.29) is 51.0 Å². The summed E-state index contributed by atoms with van der Waals surface area (Å²) in [7, 11) is 0. The van der Waals surface area contributed by atoms with Crippen LogP contribution in [0.25, 0.3) is 34.4 Å². The number of benzene rings is 4. The molecule has 0 bridgehead atoms. The molecule has 0 unspecified atom stereocenters. The van der Waals surface area contributed by atoms with Gasteiger partial charge in [0, 0.05) is 17.7 Å². The van der Waals surface area contributed by atoms with Crippen molar-refractivity contribution < 1.29 is 40.2 Å². The topological polar surface area (TPSA) is 172 Å². The Morgan fingerprint density at radius 1 is 0.553 bits per heavy atom. The average molecular weight is 514 g/mol. The highest BCUT2D eigenvalue weighted by Crippen LogP contribution is 2.35. The second kappa shape index (κ2) is 10.6. The number of aromatic hydroxyl groups is 7. The average Bonchev–Trinajstić information content (AvgIpc) is 2.87. The normalized spacial score (nSPS) is 10.8. The third-order valence-corrected chi connectivity index (χ3v) is 5.38. The van der Waals surface area contributed by atoms with Crippen LogP contribution in [0.4, 0.5) is 0 Å². The van der Waals surface area contributed by atoms with Gasteiger partial charge < -0.3 is 40.2 Å². The van der Waals surface area contributed by atoms with Crippen molar-refractivity contribution in [3.63, 3.8) is 0 Å². The van der Waals surface area contributed by atoms with E-state index in [1.54, 1.807) is 42.5 Å². The van der Waals surface area contributed by atoms with Gasteiger partial charge >= 0.3 is 0 Å². The van der Waals surface area contributed by atoms with Crippen LogP contribution in [0, 0.1) is 0 Å². The standard InChI is InChI=1S/C15H10O6.C14H12O3/c16-8-2-3-9-12(6-8)21-15(14(20)13(9)19)7-1-4-10(17)11(18)5-7;15-12-5-3-10(4-6-12)1-2-11-7-13(16)9-14(17)8-11/h1-6,16-18,20H;1-9,15-17H. The zero-order valence-electron chi connectivity index (χ0n) is 19.6. The van der Waals surface area contributed by atoms with Crippen molar-refractivity contribution in [3.05, 3.63) is 100 Å². The highest BCUT2D eigenvalue weighted by atomic mass is 16.4. The van der Waals surface area contributed by atoms with Gasteiger partial charge in [0.05, 0.1) is 5.39 Å². The minimum atomic E-state index is -0.654. The van der Waals surface area contributed by atoms with E-state index in [1.165, 1.54) is 36.4 Å². The summed E-state index contributed by atoms with van der Waals surface area (Å²) in [6.07, 6.45) is 3.60. The maximum Gasteiger partial charge on any atom is 0.235 e. The predicted molar refractivity (Wildman–Crippen MR) is 141 cm³/mol. The van der Waals surface area contributed by atoms with Gasteiger partial charge in [-0.1, -0.05) is 24.3 Å². The number of rotatable bonds is 3. The van der Waals surface area contributed by atoms with Crippen LogP contribution >= 0.6 is 0 Å². The van der Waals surface area contributed by atoms with E-state index >= 15 is 0 Å². The Bertz CT molecular complexity index is 1680. The first-order valence-electron chi connectivity index (χ1n) is 11.1. The largest absolute Gasteiger partial charge is 0.508 e. The summed E-state index contributed by atoms with van der Waals surface area (Å²) >= 11 is 0. The molecule has 0 spiro atoms. The van der Waals surface area contributed by atoms with Gasteiger partial charge in [0.25, 0.3) is 0 Å². The van der Waals surface area contributed by atoms with Gasteiger partial charge in [0.2, 0.25) is 11.2 Å². The first kappa shape index (κ1) is 25.5. The first-order valence-corrected chi connectivity index (χ1v) is 11.1. The quantitative estimate of drug-likeness (QED) is 0.125. The molecule has 0 aliphatic carbocycles. The van der Waals surface area contributed by atoms with Crippen molar-refractivity contribution >= 4 is 23.1 Å². The number of phenolic OH excluding ortho intramolecular Hbond substituents is 6. The van der Waals surface area contributed by atoms with E-state index in [9.17, 15) is 35.4 Å². The fraction of sp³-hybridized carbons (Fsp3) is 0. The zero-order valence-corrected chi connectivity index (χ0v) is 19.6. The molecule has 7 N–H and O–H groups in total. The van der Waals surface area contributed by atoms with Crippen molar-refractivity contribution in [3.8, 4) is 51.6 Å². The van der Waals surface area contributed by atoms with Gasteiger partial charge in [-0.2, -0.15) is 0 Å². The van der Waals surface area contributed by atoms with Crippen molar-refractivity contribution in [1.29, 1.82) is 0 Å². The molecule has 5 rings (SSSR count). The van der Waals surface area contributed by atoms with Crippen LogP contribution in [-0.4, -0.2) is 35.7 Å². The summed E-state index contributed by atoms with van der Waals surface area (Å²) in [5.41, 5.74) is 1.28. The Kier molecular flexibility index (Phi) is 7.11. The van der Waals surface area contributed by atoms with E-state index in [2.05, 4.69) is 0 Å². The molecule has 0 amide bonds. The molecular formula is C29H22O9. The molecule has 0 radical (unpaired) electrons. The molecule has 4 aromatic carbocycles. The molecule has 0 aliphatic heterocycles. The van der Waals surface area contributed by atoms with Crippen molar-refractivity contribution in [2.24, 2.45) is 0 Å². The van der Waals surface area contributed by atoms with Crippen LogP contribution in [0.1, 0.15) is 11.1 Å². The molecule has 9 nitrogen and oxygen atoms in total. The molecule has 0 fully saturated rings. The zero-order chi connectivity index (χ0) is 27.4. The fourth-order valence-electron chi connectivity index (χ4n) is 3.52. The number of fused-ring (bicyclic) bond motifs is 1. The summed E-state index contributed by atoms with van der Waals surface area (Å²) in [6, 6.07) is 18.8. The molecule has 0 atom stereocenters. The van der Waals surface area contributed by atoms with Crippen molar-refractivity contribution in [1.82, 2.24) is 0 Å². The lowest BCUT2D eigenvalue weighted by Crippen LogP contribution is -2.02. The van der Waals surface area contributed by atoms with Crippen LogP contribution in [0.3, 0.4) is 0 Å². The summed E-state index contributed by atoms with van der Waals surface area (Å²) < 4.78 is 5.43. The molecule has 9 heteroatoms. The molecule has 1 heterocycles. The van der Waals surface area contributed by atoms with E-state index in [0.717, 1.165) is 11.6 Å². The fourth-order valence-corrected chi connectivity index (χ4v) is 3.52. The second-order valence-corrected chi connectivity index (χ2v) is 8.20. The van der Waals surface area contributed by atoms with Gasteiger partial charge in [-0.05, 0) is 65.7 Å². The highest BCUT2D eigenvalue weighted by molar-refractivity contribution is 5.83. The summed E-state index contributed by atoms with van der Waals surface area (Å²) in [6.45, 7) is 0. The van der Waals surface area contributed by atoms with Gasteiger partial charge in [0.1, 0.15) is 28.6 Å². The monoisotopic (exact) mass is 514 g/mol. The maximum atomic E-state index is 12.1. The molecular weight excluding hydrogens is 492 g/mol. The summed E-state index contributed by atoms with van der Waals surface area (Å²) in [5, 5.41) is 66.0. The number of phenols is 6. The van der Waals surface area contributed by atoms with Crippen LogP contribution < -0.4 is 5.43 Å². The van der Waals surface area contributed by atoms with Gasteiger partial charge in [-0.3, -0.25) is 4.79 Å². The van der Waals surface area contributed by atoms with E-state index in [4.69, 9.17) is 9.52 Å².